The second kappa shape index (κ2) is 9.97. The summed E-state index contributed by atoms with van der Waals surface area (Å²) in [5, 5.41) is 3.86. The van der Waals surface area contributed by atoms with Crippen LogP contribution in [0, 0.1) is 12.7 Å². The zero-order valence-corrected chi connectivity index (χ0v) is 16.2. The Morgan fingerprint density at radius 3 is 2.53 bits per heavy atom. The third kappa shape index (κ3) is 6.27. The molecule has 0 unspecified atom stereocenters. The zero-order valence-electron chi connectivity index (χ0n) is 16.2. The maximum absolute atomic E-state index is 13.2. The highest BCUT2D eigenvalue weighted by molar-refractivity contribution is 5.91. The van der Waals surface area contributed by atoms with Crippen molar-refractivity contribution in [1.29, 1.82) is 0 Å². The van der Waals surface area contributed by atoms with Gasteiger partial charge in [-0.15, -0.1) is 0 Å². The standard InChI is InChI=1S/C23H19FN2O4/c1-16-8-10-20(11-9-16)29-15-22(27)26-25-14-17-4-2-7-21(12-17)30-23(28)18-5-3-6-19(24)13-18/h2-14H,15H2,1H3,(H,26,27). The maximum Gasteiger partial charge on any atom is 0.343 e. The van der Waals surface area contributed by atoms with Crippen LogP contribution in [-0.2, 0) is 4.79 Å². The van der Waals surface area contributed by atoms with Gasteiger partial charge in [-0.1, -0.05) is 35.9 Å². The fraction of sp³-hybridized carbons (Fsp3) is 0.0870. The number of nitrogens with zero attached hydrogens (tertiary/aromatic N) is 1. The molecule has 3 aromatic carbocycles. The molecule has 0 aromatic heterocycles. The summed E-state index contributed by atoms with van der Waals surface area (Å²) in [6.45, 7) is 1.79. The fourth-order valence-electron chi connectivity index (χ4n) is 2.43. The minimum atomic E-state index is -0.676. The average molecular weight is 406 g/mol. The van der Waals surface area contributed by atoms with Crippen LogP contribution in [0.15, 0.2) is 77.9 Å². The van der Waals surface area contributed by atoms with Crippen molar-refractivity contribution in [3.05, 3.63) is 95.3 Å². The number of amides is 1. The Morgan fingerprint density at radius 2 is 1.77 bits per heavy atom. The van der Waals surface area contributed by atoms with E-state index in [9.17, 15) is 14.0 Å². The van der Waals surface area contributed by atoms with Gasteiger partial charge in [0.1, 0.15) is 17.3 Å². The molecule has 30 heavy (non-hydrogen) atoms. The van der Waals surface area contributed by atoms with E-state index < -0.39 is 17.7 Å². The molecule has 0 radical (unpaired) electrons. The summed E-state index contributed by atoms with van der Waals surface area (Å²) in [6, 6.07) is 19.1. The number of hydrogen-bond donors (Lipinski definition) is 1. The molecule has 1 amide bonds. The van der Waals surface area contributed by atoms with Crippen LogP contribution < -0.4 is 14.9 Å². The fourth-order valence-corrected chi connectivity index (χ4v) is 2.43. The maximum atomic E-state index is 13.2. The Labute approximate surface area is 173 Å². The lowest BCUT2D eigenvalue weighted by Crippen LogP contribution is -2.24. The molecular formula is C23H19FN2O4. The normalized spacial score (nSPS) is 10.6. The van der Waals surface area contributed by atoms with Gasteiger partial charge in [-0.2, -0.15) is 5.10 Å². The van der Waals surface area contributed by atoms with E-state index in [0.717, 1.165) is 11.6 Å². The minimum absolute atomic E-state index is 0.106. The van der Waals surface area contributed by atoms with Gasteiger partial charge in [-0.25, -0.2) is 14.6 Å². The molecule has 3 rings (SSSR count). The predicted molar refractivity (Wildman–Crippen MR) is 110 cm³/mol. The molecule has 0 aliphatic rings. The van der Waals surface area contributed by atoms with Crippen LogP contribution in [0.4, 0.5) is 4.39 Å². The summed E-state index contributed by atoms with van der Waals surface area (Å²) in [7, 11) is 0. The predicted octanol–water partition coefficient (Wildman–Crippen LogP) is 3.88. The molecule has 152 valence electrons. The Balaban J connectivity index is 1.51. The molecule has 0 saturated heterocycles. The monoisotopic (exact) mass is 406 g/mol. The van der Waals surface area contributed by atoms with Crippen molar-refractivity contribution in [3.63, 3.8) is 0 Å². The highest BCUT2D eigenvalue weighted by Crippen LogP contribution is 2.15. The lowest BCUT2D eigenvalue weighted by Gasteiger charge is -2.06. The number of halogens is 1. The minimum Gasteiger partial charge on any atom is -0.484 e. The van der Waals surface area contributed by atoms with Gasteiger partial charge >= 0.3 is 5.97 Å². The van der Waals surface area contributed by atoms with Crippen molar-refractivity contribution in [1.82, 2.24) is 5.43 Å². The summed E-state index contributed by atoms with van der Waals surface area (Å²) in [4.78, 5) is 23.9. The van der Waals surface area contributed by atoms with Crippen LogP contribution in [0.1, 0.15) is 21.5 Å². The number of carbonyl (C=O) groups excluding carboxylic acids is 2. The van der Waals surface area contributed by atoms with E-state index in [1.165, 1.54) is 24.4 Å². The smallest absolute Gasteiger partial charge is 0.343 e. The molecule has 0 atom stereocenters. The number of ether oxygens (including phenoxy) is 2. The first-order valence-electron chi connectivity index (χ1n) is 9.09. The number of hydrogen-bond acceptors (Lipinski definition) is 5. The number of rotatable bonds is 7. The molecule has 6 nitrogen and oxygen atoms in total. The third-order valence-electron chi connectivity index (χ3n) is 3.92. The average Bonchev–Trinajstić information content (AvgIpc) is 2.73. The van der Waals surface area contributed by atoms with Gasteiger partial charge in [0, 0.05) is 0 Å². The van der Waals surface area contributed by atoms with E-state index in [2.05, 4.69) is 10.5 Å². The quantitative estimate of drug-likeness (QED) is 0.280. The summed E-state index contributed by atoms with van der Waals surface area (Å²) >= 11 is 0. The lowest BCUT2D eigenvalue weighted by atomic mass is 10.2. The Kier molecular flexibility index (Phi) is 6.89. The number of aryl methyl sites for hydroxylation is 1. The molecule has 0 fully saturated rings. The van der Waals surface area contributed by atoms with E-state index in [1.807, 2.05) is 19.1 Å². The van der Waals surface area contributed by atoms with Gasteiger partial charge in [0.15, 0.2) is 6.61 Å². The third-order valence-corrected chi connectivity index (χ3v) is 3.92. The number of carbonyl (C=O) groups is 2. The van der Waals surface area contributed by atoms with Crippen LogP contribution >= 0.6 is 0 Å². The van der Waals surface area contributed by atoms with Crippen molar-refractivity contribution >= 4 is 18.1 Å². The van der Waals surface area contributed by atoms with Gasteiger partial charge < -0.3 is 9.47 Å². The largest absolute Gasteiger partial charge is 0.484 e. The van der Waals surface area contributed by atoms with Gasteiger partial charge in [-0.05, 0) is 55.0 Å². The SMILES string of the molecule is Cc1ccc(OCC(=O)NN=Cc2cccc(OC(=O)c3cccc(F)c3)c2)cc1. The van der Waals surface area contributed by atoms with Gasteiger partial charge in [0.05, 0.1) is 11.8 Å². The number of benzene rings is 3. The molecule has 0 aliphatic heterocycles. The topological polar surface area (TPSA) is 77.0 Å². The van der Waals surface area contributed by atoms with Crippen molar-refractivity contribution in [2.45, 2.75) is 6.92 Å². The van der Waals surface area contributed by atoms with Gasteiger partial charge in [0.2, 0.25) is 0 Å². The molecular weight excluding hydrogens is 387 g/mol. The summed E-state index contributed by atoms with van der Waals surface area (Å²) in [5.74, 6) is -0.757. The van der Waals surface area contributed by atoms with Crippen LogP contribution in [-0.4, -0.2) is 24.7 Å². The van der Waals surface area contributed by atoms with Crippen LogP contribution in [0.2, 0.25) is 0 Å². The molecule has 7 heteroatoms. The van der Waals surface area contributed by atoms with E-state index in [-0.39, 0.29) is 17.9 Å². The first-order valence-corrected chi connectivity index (χ1v) is 9.09. The van der Waals surface area contributed by atoms with Crippen molar-refractivity contribution in [2.24, 2.45) is 5.10 Å². The molecule has 3 aromatic rings. The highest BCUT2D eigenvalue weighted by Gasteiger charge is 2.09. The summed E-state index contributed by atoms with van der Waals surface area (Å²) < 4.78 is 23.8. The van der Waals surface area contributed by atoms with E-state index in [1.54, 1.807) is 36.4 Å². The van der Waals surface area contributed by atoms with Gasteiger partial charge in [0.25, 0.3) is 5.91 Å². The van der Waals surface area contributed by atoms with Gasteiger partial charge in [-0.3, -0.25) is 4.79 Å². The Bertz CT molecular complexity index is 1060. The van der Waals surface area contributed by atoms with E-state index in [0.29, 0.717) is 11.3 Å². The second-order valence-corrected chi connectivity index (χ2v) is 6.37. The van der Waals surface area contributed by atoms with Crippen LogP contribution in [0.3, 0.4) is 0 Å². The Hall–Kier alpha value is -4.00. The summed E-state index contributed by atoms with van der Waals surface area (Å²) in [5.41, 5.74) is 4.16. The van der Waals surface area contributed by atoms with Crippen molar-refractivity contribution in [3.8, 4) is 11.5 Å². The first kappa shape index (κ1) is 20.7. The van der Waals surface area contributed by atoms with E-state index in [4.69, 9.17) is 9.47 Å². The molecule has 0 heterocycles. The summed E-state index contributed by atoms with van der Waals surface area (Å²) in [6.07, 6.45) is 1.41. The second-order valence-electron chi connectivity index (χ2n) is 6.37. The lowest BCUT2D eigenvalue weighted by molar-refractivity contribution is -0.123. The number of nitrogens with one attached hydrogen (secondary N) is 1. The number of esters is 1. The van der Waals surface area contributed by atoms with Crippen molar-refractivity contribution < 1.29 is 23.5 Å². The molecule has 0 spiro atoms. The van der Waals surface area contributed by atoms with E-state index >= 15 is 0 Å². The number of hydrazone groups is 1. The van der Waals surface area contributed by atoms with Crippen molar-refractivity contribution in [2.75, 3.05) is 6.61 Å². The van der Waals surface area contributed by atoms with Crippen LogP contribution in [0.5, 0.6) is 11.5 Å². The van der Waals surface area contributed by atoms with Crippen LogP contribution in [0.25, 0.3) is 0 Å². The molecule has 0 saturated carbocycles. The molecule has 0 aliphatic carbocycles. The molecule has 1 N–H and O–H groups in total. The molecule has 0 bridgehead atoms. The zero-order chi connectivity index (χ0) is 21.3. The Morgan fingerprint density at radius 1 is 1.00 bits per heavy atom. The first-order chi connectivity index (χ1) is 14.5. The highest BCUT2D eigenvalue weighted by atomic mass is 19.1.